The van der Waals surface area contributed by atoms with Crippen LogP contribution in [0.25, 0.3) is 5.57 Å². The van der Waals surface area contributed by atoms with E-state index in [1.807, 2.05) is 12.1 Å². The number of ketones is 1. The van der Waals surface area contributed by atoms with Crippen molar-refractivity contribution in [1.82, 2.24) is 0 Å². The Morgan fingerprint density at radius 2 is 1.94 bits per heavy atom. The van der Waals surface area contributed by atoms with Crippen molar-refractivity contribution in [2.45, 2.75) is 6.92 Å². The lowest BCUT2D eigenvalue weighted by Gasteiger charge is -1.98. The molecule has 4 heteroatoms. The van der Waals surface area contributed by atoms with Crippen LogP contribution in [0.15, 0.2) is 28.0 Å². The number of hydrogen-bond donors (Lipinski definition) is 0. The minimum Gasteiger partial charge on any atom is -0.289 e. The van der Waals surface area contributed by atoms with Gasteiger partial charge in [-0.1, -0.05) is 6.08 Å². The maximum absolute atomic E-state index is 11.9. The van der Waals surface area contributed by atoms with E-state index in [1.165, 1.54) is 11.3 Å². The molecule has 1 aliphatic rings. The van der Waals surface area contributed by atoms with Gasteiger partial charge < -0.3 is 0 Å². The van der Waals surface area contributed by atoms with Gasteiger partial charge in [0.2, 0.25) is 0 Å². The van der Waals surface area contributed by atoms with Gasteiger partial charge in [-0.05, 0) is 12.3 Å². The van der Waals surface area contributed by atoms with Crippen LogP contribution in [-0.2, 0) is 0 Å². The molecule has 0 aromatic carbocycles. The van der Waals surface area contributed by atoms with Crippen molar-refractivity contribution in [1.29, 1.82) is 10.5 Å². The topological polar surface area (TPSA) is 64.7 Å². The Labute approximate surface area is 96.6 Å². The summed E-state index contributed by atoms with van der Waals surface area (Å²) >= 11 is 1.40. The Morgan fingerprint density at radius 3 is 2.50 bits per heavy atom. The van der Waals surface area contributed by atoms with Crippen LogP contribution in [0.4, 0.5) is 0 Å². The van der Waals surface area contributed by atoms with Crippen molar-refractivity contribution < 1.29 is 4.79 Å². The predicted octanol–water partition coefficient (Wildman–Crippen LogP) is 2.69. The van der Waals surface area contributed by atoms with Gasteiger partial charge in [-0.3, -0.25) is 4.79 Å². The van der Waals surface area contributed by atoms with Gasteiger partial charge in [0.05, 0.1) is 0 Å². The second-order valence-corrected chi connectivity index (χ2v) is 3.95. The molecule has 1 aliphatic carbocycles. The fourth-order valence-electron chi connectivity index (χ4n) is 1.75. The van der Waals surface area contributed by atoms with E-state index in [0.717, 1.165) is 0 Å². The SMILES string of the molecule is C/C=C1\C(=O)c2cscc2C1=C(C#N)C#N. The molecular formula is C12H6N2OS. The third-order valence-electron chi connectivity index (χ3n) is 2.45. The number of thiophene rings is 1. The summed E-state index contributed by atoms with van der Waals surface area (Å²) in [6.45, 7) is 1.73. The number of carbonyl (C=O) groups excluding carboxylic acids is 1. The highest BCUT2D eigenvalue weighted by atomic mass is 32.1. The van der Waals surface area contributed by atoms with Crippen molar-refractivity contribution >= 4 is 22.7 Å². The monoisotopic (exact) mass is 226 g/mol. The Morgan fingerprint density at radius 1 is 1.31 bits per heavy atom. The molecule has 0 fully saturated rings. The third-order valence-corrected chi connectivity index (χ3v) is 3.20. The summed E-state index contributed by atoms with van der Waals surface area (Å²) < 4.78 is 0. The molecule has 0 atom stereocenters. The number of rotatable bonds is 0. The quantitative estimate of drug-likeness (QED) is 0.504. The highest BCUT2D eigenvalue weighted by Crippen LogP contribution is 2.40. The van der Waals surface area contributed by atoms with Gasteiger partial charge in [-0.2, -0.15) is 21.9 Å². The summed E-state index contributed by atoms with van der Waals surface area (Å²) in [5.41, 5.74) is 2.24. The average Bonchev–Trinajstić information content (AvgIpc) is 2.85. The van der Waals surface area contributed by atoms with E-state index >= 15 is 0 Å². The minimum absolute atomic E-state index is 0.00130. The van der Waals surface area contributed by atoms with Crippen molar-refractivity contribution in [2.24, 2.45) is 0 Å². The largest absolute Gasteiger partial charge is 0.289 e. The Kier molecular flexibility index (Phi) is 2.44. The summed E-state index contributed by atoms with van der Waals surface area (Å²) in [7, 11) is 0. The lowest BCUT2D eigenvalue weighted by molar-refractivity contribution is 0.104. The van der Waals surface area contributed by atoms with Crippen LogP contribution in [0, 0.1) is 22.7 Å². The molecule has 0 saturated heterocycles. The maximum Gasteiger partial charge on any atom is 0.194 e. The molecule has 0 spiro atoms. The average molecular weight is 226 g/mol. The number of fused-ring (bicyclic) bond motifs is 1. The van der Waals surface area contributed by atoms with Crippen molar-refractivity contribution in [2.75, 3.05) is 0 Å². The molecule has 0 unspecified atom stereocenters. The zero-order valence-corrected chi connectivity index (χ0v) is 9.26. The van der Waals surface area contributed by atoms with E-state index < -0.39 is 0 Å². The Balaban J connectivity index is 2.83. The Hall–Kier alpha value is -2.17. The maximum atomic E-state index is 11.9. The van der Waals surface area contributed by atoms with Crippen LogP contribution in [0.3, 0.4) is 0 Å². The second kappa shape index (κ2) is 3.77. The summed E-state index contributed by atoms with van der Waals surface area (Å²) in [5, 5.41) is 21.3. The first kappa shape index (κ1) is 10.4. The number of hydrogen-bond acceptors (Lipinski definition) is 4. The van der Waals surface area contributed by atoms with Crippen molar-refractivity contribution in [3.8, 4) is 12.1 Å². The van der Waals surface area contributed by atoms with Gasteiger partial charge in [0.1, 0.15) is 17.7 Å². The van der Waals surface area contributed by atoms with Gasteiger partial charge in [0.25, 0.3) is 0 Å². The lowest BCUT2D eigenvalue weighted by Crippen LogP contribution is -1.94. The summed E-state index contributed by atoms with van der Waals surface area (Å²) in [5.74, 6) is -0.100. The van der Waals surface area contributed by atoms with Gasteiger partial charge in [0.15, 0.2) is 5.78 Å². The van der Waals surface area contributed by atoms with E-state index in [-0.39, 0.29) is 11.4 Å². The molecule has 16 heavy (non-hydrogen) atoms. The van der Waals surface area contributed by atoms with E-state index in [1.54, 1.807) is 23.8 Å². The lowest BCUT2D eigenvalue weighted by atomic mass is 10.0. The molecule has 0 saturated carbocycles. The van der Waals surface area contributed by atoms with Crippen LogP contribution >= 0.6 is 11.3 Å². The van der Waals surface area contributed by atoms with Crippen molar-refractivity contribution in [3.63, 3.8) is 0 Å². The molecule has 1 aromatic rings. The fraction of sp³-hybridized carbons (Fsp3) is 0.0833. The molecule has 1 aromatic heterocycles. The van der Waals surface area contributed by atoms with E-state index in [4.69, 9.17) is 10.5 Å². The Bertz CT molecular complexity index is 604. The van der Waals surface area contributed by atoms with Gasteiger partial charge in [0, 0.05) is 27.7 Å². The minimum atomic E-state index is -0.100. The van der Waals surface area contributed by atoms with Crippen molar-refractivity contribution in [3.05, 3.63) is 39.1 Å². The molecule has 0 N–H and O–H groups in total. The molecule has 0 bridgehead atoms. The molecular weight excluding hydrogens is 220 g/mol. The molecule has 1 heterocycles. The van der Waals surface area contributed by atoms with Crippen LogP contribution in [-0.4, -0.2) is 5.78 Å². The molecule has 76 valence electrons. The van der Waals surface area contributed by atoms with Crippen LogP contribution in [0.5, 0.6) is 0 Å². The van der Waals surface area contributed by atoms with E-state index in [0.29, 0.717) is 22.3 Å². The molecule has 0 aliphatic heterocycles. The van der Waals surface area contributed by atoms with Gasteiger partial charge in [-0.25, -0.2) is 0 Å². The molecule has 0 radical (unpaired) electrons. The number of allylic oxidation sites excluding steroid dienone is 4. The zero-order chi connectivity index (χ0) is 11.7. The normalized spacial score (nSPS) is 15.8. The highest BCUT2D eigenvalue weighted by molar-refractivity contribution is 7.08. The number of nitriles is 2. The van der Waals surface area contributed by atoms with Gasteiger partial charge in [-0.15, -0.1) is 0 Å². The van der Waals surface area contributed by atoms with Crippen LogP contribution in [0.2, 0.25) is 0 Å². The summed E-state index contributed by atoms with van der Waals surface area (Å²) in [6.07, 6.45) is 1.65. The number of carbonyl (C=O) groups is 1. The predicted molar refractivity (Wildman–Crippen MR) is 60.6 cm³/mol. The highest BCUT2D eigenvalue weighted by Gasteiger charge is 2.32. The first-order valence-corrected chi connectivity index (χ1v) is 5.51. The molecule has 3 nitrogen and oxygen atoms in total. The second-order valence-electron chi connectivity index (χ2n) is 3.20. The van der Waals surface area contributed by atoms with Crippen LogP contribution in [0.1, 0.15) is 22.8 Å². The third kappa shape index (κ3) is 1.21. The molecule has 2 rings (SSSR count). The van der Waals surface area contributed by atoms with E-state index in [2.05, 4.69) is 0 Å². The van der Waals surface area contributed by atoms with E-state index in [9.17, 15) is 4.79 Å². The summed E-state index contributed by atoms with van der Waals surface area (Å²) in [6, 6.07) is 3.68. The van der Waals surface area contributed by atoms with Crippen LogP contribution < -0.4 is 0 Å². The molecule has 0 amide bonds. The first-order chi connectivity index (χ1) is 7.74. The number of nitrogens with zero attached hydrogens (tertiary/aromatic N) is 2. The standard InChI is InChI=1S/C12H6N2OS/c1-2-8-11(7(3-13)4-14)9-5-16-6-10(9)12(8)15/h2,5-6H,1H3/b8-2-. The zero-order valence-electron chi connectivity index (χ0n) is 8.44. The van der Waals surface area contributed by atoms with Gasteiger partial charge >= 0.3 is 0 Å². The first-order valence-electron chi connectivity index (χ1n) is 4.57. The number of Topliss-reactive ketones (excluding diaryl/α,β-unsaturated/α-hetero) is 1. The fourth-order valence-corrected chi connectivity index (χ4v) is 2.57. The smallest absolute Gasteiger partial charge is 0.194 e. The summed E-state index contributed by atoms with van der Waals surface area (Å²) in [4.78, 5) is 11.9.